The van der Waals surface area contributed by atoms with Crippen LogP contribution < -0.4 is 5.73 Å². The third-order valence-corrected chi connectivity index (χ3v) is 2.25. The maximum atomic E-state index is 5.78. The van der Waals surface area contributed by atoms with Crippen LogP contribution in [-0.4, -0.2) is 21.0 Å². The van der Waals surface area contributed by atoms with Crippen LogP contribution in [0.15, 0.2) is 18.2 Å². The summed E-state index contributed by atoms with van der Waals surface area (Å²) in [5.74, 6) is 0. The number of aryl methyl sites for hydroxylation is 1. The monoisotopic (exact) mass is 190 g/mol. The molecule has 0 saturated heterocycles. The lowest BCUT2D eigenvalue weighted by Crippen LogP contribution is -2.18. The Hall–Kier alpha value is -1.42. The molecule has 1 heterocycles. The molecule has 0 spiro atoms. The lowest BCUT2D eigenvalue weighted by molar-refractivity contribution is 0.716. The molecule has 0 aliphatic heterocycles. The highest BCUT2D eigenvalue weighted by Crippen LogP contribution is 2.16. The number of para-hydroxylation sites is 1. The molecule has 4 nitrogen and oxygen atoms in total. The first-order valence-electron chi connectivity index (χ1n) is 4.71. The summed E-state index contributed by atoms with van der Waals surface area (Å²) in [6.07, 6.45) is 0.860. The van der Waals surface area contributed by atoms with Crippen molar-refractivity contribution in [2.24, 2.45) is 12.8 Å². The molecule has 4 heteroatoms. The molecule has 0 radical (unpaired) electrons. The van der Waals surface area contributed by atoms with Crippen LogP contribution in [0.25, 0.3) is 11.0 Å². The van der Waals surface area contributed by atoms with Gasteiger partial charge in [-0.25, -0.2) is 4.68 Å². The van der Waals surface area contributed by atoms with E-state index in [4.69, 9.17) is 5.73 Å². The predicted octanol–water partition coefficient (Wildman–Crippen LogP) is 0.858. The number of benzene rings is 1. The van der Waals surface area contributed by atoms with Gasteiger partial charge in [-0.2, -0.15) is 0 Å². The van der Waals surface area contributed by atoms with Crippen LogP contribution in [0, 0.1) is 0 Å². The Bertz CT molecular complexity index is 444. The van der Waals surface area contributed by atoms with Gasteiger partial charge in [-0.05, 0) is 25.0 Å². The van der Waals surface area contributed by atoms with Crippen molar-refractivity contribution in [2.75, 3.05) is 0 Å². The normalized spacial score (nSPS) is 13.4. The molecule has 2 aromatic rings. The molecule has 1 unspecified atom stereocenters. The van der Waals surface area contributed by atoms with Crippen LogP contribution in [0.4, 0.5) is 0 Å². The summed E-state index contributed by atoms with van der Waals surface area (Å²) in [6, 6.07) is 6.20. The Morgan fingerprint density at radius 3 is 3.00 bits per heavy atom. The number of aromatic nitrogens is 3. The van der Waals surface area contributed by atoms with E-state index in [2.05, 4.69) is 16.4 Å². The van der Waals surface area contributed by atoms with E-state index in [1.807, 2.05) is 26.1 Å². The molecule has 0 amide bonds. The number of fused-ring (bicyclic) bond motifs is 1. The van der Waals surface area contributed by atoms with Gasteiger partial charge < -0.3 is 5.73 Å². The summed E-state index contributed by atoms with van der Waals surface area (Å²) in [4.78, 5) is 0. The number of nitrogens with two attached hydrogens (primary N) is 1. The summed E-state index contributed by atoms with van der Waals surface area (Å²) < 4.78 is 1.80. The Morgan fingerprint density at radius 2 is 2.29 bits per heavy atom. The molecule has 1 atom stereocenters. The van der Waals surface area contributed by atoms with Gasteiger partial charge in [0, 0.05) is 13.1 Å². The van der Waals surface area contributed by atoms with Gasteiger partial charge in [-0.15, -0.1) is 5.10 Å². The van der Waals surface area contributed by atoms with Crippen molar-refractivity contribution in [1.29, 1.82) is 0 Å². The van der Waals surface area contributed by atoms with Gasteiger partial charge >= 0.3 is 0 Å². The van der Waals surface area contributed by atoms with Gasteiger partial charge in [-0.3, -0.25) is 0 Å². The van der Waals surface area contributed by atoms with Gasteiger partial charge in [0.1, 0.15) is 5.52 Å². The molecular formula is C10H14N4. The standard InChI is InChI=1S/C10H14N4/c1-7(11)6-8-4-3-5-9-10(8)14(2)13-12-9/h3-5,7H,6,11H2,1-2H3. The van der Waals surface area contributed by atoms with Crippen molar-refractivity contribution in [1.82, 2.24) is 15.0 Å². The molecule has 1 aromatic carbocycles. The molecule has 0 bridgehead atoms. The fraction of sp³-hybridized carbons (Fsp3) is 0.400. The molecule has 14 heavy (non-hydrogen) atoms. The zero-order valence-corrected chi connectivity index (χ0v) is 8.44. The summed E-state index contributed by atoms with van der Waals surface area (Å²) in [7, 11) is 1.90. The van der Waals surface area contributed by atoms with Crippen LogP contribution in [0.3, 0.4) is 0 Å². The van der Waals surface area contributed by atoms with Crippen LogP contribution >= 0.6 is 0 Å². The highest BCUT2D eigenvalue weighted by molar-refractivity contribution is 5.78. The van der Waals surface area contributed by atoms with Crippen molar-refractivity contribution in [3.05, 3.63) is 23.8 Å². The van der Waals surface area contributed by atoms with E-state index in [9.17, 15) is 0 Å². The van der Waals surface area contributed by atoms with Crippen LogP contribution in [0.1, 0.15) is 12.5 Å². The zero-order valence-electron chi connectivity index (χ0n) is 8.44. The first kappa shape index (κ1) is 9.15. The third kappa shape index (κ3) is 1.48. The fourth-order valence-electron chi connectivity index (χ4n) is 1.70. The third-order valence-electron chi connectivity index (χ3n) is 2.25. The lowest BCUT2D eigenvalue weighted by Gasteiger charge is -2.06. The Labute approximate surface area is 82.7 Å². The largest absolute Gasteiger partial charge is 0.328 e. The first-order chi connectivity index (χ1) is 6.68. The highest BCUT2D eigenvalue weighted by atomic mass is 15.4. The molecule has 0 aliphatic carbocycles. The number of hydrogen-bond acceptors (Lipinski definition) is 3. The predicted molar refractivity (Wildman–Crippen MR) is 55.9 cm³/mol. The molecule has 0 saturated carbocycles. The van der Waals surface area contributed by atoms with Crippen molar-refractivity contribution in [3.63, 3.8) is 0 Å². The maximum Gasteiger partial charge on any atom is 0.113 e. The van der Waals surface area contributed by atoms with E-state index < -0.39 is 0 Å². The van der Waals surface area contributed by atoms with Gasteiger partial charge in [0.15, 0.2) is 0 Å². The van der Waals surface area contributed by atoms with Crippen LogP contribution in [0.5, 0.6) is 0 Å². The van der Waals surface area contributed by atoms with Gasteiger partial charge in [-0.1, -0.05) is 17.3 Å². The fourth-order valence-corrected chi connectivity index (χ4v) is 1.70. The minimum Gasteiger partial charge on any atom is -0.328 e. The summed E-state index contributed by atoms with van der Waals surface area (Å²) >= 11 is 0. The molecule has 2 rings (SSSR count). The summed E-state index contributed by atoms with van der Waals surface area (Å²) in [6.45, 7) is 2.00. The number of nitrogens with zero attached hydrogens (tertiary/aromatic N) is 3. The van der Waals surface area contributed by atoms with E-state index in [0.717, 1.165) is 17.5 Å². The second kappa shape index (κ2) is 3.38. The van der Waals surface area contributed by atoms with Gasteiger partial charge in [0.05, 0.1) is 5.52 Å². The van der Waals surface area contributed by atoms with E-state index >= 15 is 0 Å². The minimum atomic E-state index is 0.162. The van der Waals surface area contributed by atoms with Crippen LogP contribution in [-0.2, 0) is 13.5 Å². The Balaban J connectivity index is 2.57. The van der Waals surface area contributed by atoms with Gasteiger partial charge in [0.2, 0.25) is 0 Å². The molecular weight excluding hydrogens is 176 g/mol. The van der Waals surface area contributed by atoms with Crippen molar-refractivity contribution < 1.29 is 0 Å². The molecule has 2 N–H and O–H groups in total. The lowest BCUT2D eigenvalue weighted by atomic mass is 10.1. The second-order valence-electron chi connectivity index (χ2n) is 3.68. The number of hydrogen-bond donors (Lipinski definition) is 1. The minimum absolute atomic E-state index is 0.162. The van der Waals surface area contributed by atoms with Crippen molar-refractivity contribution in [2.45, 2.75) is 19.4 Å². The second-order valence-corrected chi connectivity index (χ2v) is 3.68. The molecule has 74 valence electrons. The smallest absolute Gasteiger partial charge is 0.113 e. The van der Waals surface area contributed by atoms with Crippen molar-refractivity contribution >= 4 is 11.0 Å². The molecule has 0 fully saturated rings. The Morgan fingerprint density at radius 1 is 1.50 bits per heavy atom. The van der Waals surface area contributed by atoms with E-state index in [-0.39, 0.29) is 6.04 Å². The average molecular weight is 190 g/mol. The van der Waals surface area contributed by atoms with E-state index in [0.29, 0.717) is 0 Å². The molecule has 1 aromatic heterocycles. The van der Waals surface area contributed by atoms with Gasteiger partial charge in [0.25, 0.3) is 0 Å². The Kier molecular flexibility index (Phi) is 2.21. The zero-order chi connectivity index (χ0) is 10.1. The van der Waals surface area contributed by atoms with E-state index in [1.165, 1.54) is 5.56 Å². The SMILES string of the molecule is CC(N)Cc1cccc2nnn(C)c12. The topological polar surface area (TPSA) is 56.7 Å². The number of rotatable bonds is 2. The molecule has 0 aliphatic rings. The average Bonchev–Trinajstić information content (AvgIpc) is 2.48. The highest BCUT2D eigenvalue weighted by Gasteiger charge is 2.07. The summed E-state index contributed by atoms with van der Waals surface area (Å²) in [5, 5.41) is 8.05. The van der Waals surface area contributed by atoms with Crippen LogP contribution in [0.2, 0.25) is 0 Å². The quantitative estimate of drug-likeness (QED) is 0.764. The summed E-state index contributed by atoms with van der Waals surface area (Å²) in [5.41, 5.74) is 9.02. The first-order valence-corrected chi connectivity index (χ1v) is 4.71. The van der Waals surface area contributed by atoms with E-state index in [1.54, 1.807) is 4.68 Å². The van der Waals surface area contributed by atoms with Crippen molar-refractivity contribution in [3.8, 4) is 0 Å². The maximum absolute atomic E-state index is 5.78.